The molecule has 2 N–H and O–H groups in total. The van der Waals surface area contributed by atoms with Crippen molar-refractivity contribution < 1.29 is 9.90 Å². The fourth-order valence-electron chi connectivity index (χ4n) is 1.72. The van der Waals surface area contributed by atoms with Gasteiger partial charge in [-0.1, -0.05) is 31.2 Å². The number of hydrogen-bond acceptors (Lipinski definition) is 2. The van der Waals surface area contributed by atoms with Crippen molar-refractivity contribution in [3.8, 4) is 0 Å². The van der Waals surface area contributed by atoms with Gasteiger partial charge < -0.3 is 10.4 Å². The van der Waals surface area contributed by atoms with Gasteiger partial charge in [0.1, 0.15) is 0 Å². The Morgan fingerprint density at radius 1 is 1.41 bits per heavy atom. The number of rotatable bonds is 6. The molecule has 0 bridgehead atoms. The molecule has 3 nitrogen and oxygen atoms in total. The fourth-order valence-corrected chi connectivity index (χ4v) is 1.72. The summed E-state index contributed by atoms with van der Waals surface area (Å²) >= 11 is 0. The third kappa shape index (κ3) is 4.57. The first-order chi connectivity index (χ1) is 8.17. The SMILES string of the molecule is CC[C@H](CO)NC(=O)CCc1ccccc1C. The lowest BCUT2D eigenvalue weighted by Crippen LogP contribution is -2.37. The Kier molecular flexibility index (Phi) is 5.70. The first kappa shape index (κ1) is 13.7. The van der Waals surface area contributed by atoms with Crippen LogP contribution in [0.5, 0.6) is 0 Å². The molecule has 0 unspecified atom stereocenters. The molecule has 17 heavy (non-hydrogen) atoms. The molecule has 0 spiro atoms. The van der Waals surface area contributed by atoms with Crippen molar-refractivity contribution in [2.24, 2.45) is 0 Å². The second kappa shape index (κ2) is 7.07. The van der Waals surface area contributed by atoms with Crippen molar-refractivity contribution >= 4 is 5.91 Å². The Morgan fingerprint density at radius 3 is 2.71 bits per heavy atom. The van der Waals surface area contributed by atoms with E-state index in [1.807, 2.05) is 25.1 Å². The van der Waals surface area contributed by atoms with E-state index in [0.717, 1.165) is 12.8 Å². The van der Waals surface area contributed by atoms with Crippen molar-refractivity contribution in [1.29, 1.82) is 0 Å². The maximum atomic E-state index is 11.6. The van der Waals surface area contributed by atoms with E-state index in [2.05, 4.69) is 18.3 Å². The number of amides is 1. The molecule has 0 aliphatic carbocycles. The summed E-state index contributed by atoms with van der Waals surface area (Å²) in [7, 11) is 0. The lowest BCUT2D eigenvalue weighted by molar-refractivity contribution is -0.122. The summed E-state index contributed by atoms with van der Waals surface area (Å²) < 4.78 is 0. The first-order valence-corrected chi connectivity index (χ1v) is 6.12. The normalized spacial score (nSPS) is 12.2. The Labute approximate surface area is 103 Å². The molecule has 1 aromatic rings. The van der Waals surface area contributed by atoms with Crippen molar-refractivity contribution in [1.82, 2.24) is 5.32 Å². The molecule has 1 rings (SSSR count). The number of hydrogen-bond donors (Lipinski definition) is 2. The summed E-state index contributed by atoms with van der Waals surface area (Å²) in [5.41, 5.74) is 2.43. The topological polar surface area (TPSA) is 49.3 Å². The zero-order chi connectivity index (χ0) is 12.7. The summed E-state index contributed by atoms with van der Waals surface area (Å²) in [5.74, 6) is 0.00848. The number of benzene rings is 1. The Bertz CT molecular complexity index is 359. The van der Waals surface area contributed by atoms with Crippen LogP contribution in [0.4, 0.5) is 0 Å². The van der Waals surface area contributed by atoms with Gasteiger partial charge in [0.05, 0.1) is 12.6 Å². The van der Waals surface area contributed by atoms with E-state index in [-0.39, 0.29) is 18.6 Å². The van der Waals surface area contributed by atoms with Crippen LogP contribution in [0.3, 0.4) is 0 Å². The predicted octanol–water partition coefficient (Wildman–Crippen LogP) is 1.81. The smallest absolute Gasteiger partial charge is 0.220 e. The zero-order valence-electron chi connectivity index (χ0n) is 10.6. The Balaban J connectivity index is 2.41. The van der Waals surface area contributed by atoms with Gasteiger partial charge in [0, 0.05) is 6.42 Å². The lowest BCUT2D eigenvalue weighted by atomic mass is 10.0. The molecule has 0 fully saturated rings. The summed E-state index contributed by atoms with van der Waals surface area (Å²) in [5, 5.41) is 11.8. The number of carbonyl (C=O) groups is 1. The molecule has 1 aromatic carbocycles. The fraction of sp³-hybridized carbons (Fsp3) is 0.500. The van der Waals surface area contributed by atoms with E-state index < -0.39 is 0 Å². The molecule has 3 heteroatoms. The van der Waals surface area contributed by atoms with Gasteiger partial charge >= 0.3 is 0 Å². The van der Waals surface area contributed by atoms with Crippen LogP contribution in [0.15, 0.2) is 24.3 Å². The highest BCUT2D eigenvalue weighted by atomic mass is 16.3. The Morgan fingerprint density at radius 2 is 2.12 bits per heavy atom. The Hall–Kier alpha value is -1.35. The van der Waals surface area contributed by atoms with E-state index in [1.165, 1.54) is 11.1 Å². The maximum Gasteiger partial charge on any atom is 0.220 e. The molecule has 0 aromatic heterocycles. The average molecular weight is 235 g/mol. The number of aliphatic hydroxyl groups excluding tert-OH is 1. The molecule has 94 valence electrons. The van der Waals surface area contributed by atoms with Crippen LogP contribution in [0.2, 0.25) is 0 Å². The minimum Gasteiger partial charge on any atom is -0.394 e. The van der Waals surface area contributed by atoms with Gasteiger partial charge in [-0.2, -0.15) is 0 Å². The number of carbonyl (C=O) groups excluding carboxylic acids is 1. The number of aryl methyl sites for hydroxylation is 2. The van der Waals surface area contributed by atoms with E-state index in [4.69, 9.17) is 5.11 Å². The molecule has 0 aliphatic heterocycles. The predicted molar refractivity (Wildman–Crippen MR) is 68.8 cm³/mol. The maximum absolute atomic E-state index is 11.6. The van der Waals surface area contributed by atoms with Gasteiger partial charge in [0.2, 0.25) is 5.91 Å². The molecule has 0 saturated heterocycles. The highest BCUT2D eigenvalue weighted by Gasteiger charge is 2.09. The highest BCUT2D eigenvalue weighted by molar-refractivity contribution is 5.76. The van der Waals surface area contributed by atoms with Crippen LogP contribution in [0, 0.1) is 6.92 Å². The average Bonchev–Trinajstić information content (AvgIpc) is 2.35. The van der Waals surface area contributed by atoms with Crippen LogP contribution in [0.1, 0.15) is 30.9 Å². The van der Waals surface area contributed by atoms with Crippen LogP contribution >= 0.6 is 0 Å². The van der Waals surface area contributed by atoms with Crippen LogP contribution in [-0.2, 0) is 11.2 Å². The van der Waals surface area contributed by atoms with Crippen LogP contribution < -0.4 is 5.32 Å². The second-order valence-corrected chi connectivity index (χ2v) is 4.28. The summed E-state index contributed by atoms with van der Waals surface area (Å²) in [4.78, 5) is 11.6. The second-order valence-electron chi connectivity index (χ2n) is 4.28. The van der Waals surface area contributed by atoms with E-state index >= 15 is 0 Å². The minimum absolute atomic E-state index is 0.00655. The van der Waals surface area contributed by atoms with Gasteiger partial charge in [-0.25, -0.2) is 0 Å². The van der Waals surface area contributed by atoms with Gasteiger partial charge in [-0.15, -0.1) is 0 Å². The lowest BCUT2D eigenvalue weighted by Gasteiger charge is -2.14. The number of nitrogens with one attached hydrogen (secondary N) is 1. The third-order valence-corrected chi connectivity index (χ3v) is 2.96. The molecule has 0 heterocycles. The molecule has 1 atom stereocenters. The van der Waals surface area contributed by atoms with Gasteiger partial charge in [-0.05, 0) is 30.9 Å². The van der Waals surface area contributed by atoms with Crippen molar-refractivity contribution in [2.45, 2.75) is 39.2 Å². The molecule has 0 aliphatic rings. The van der Waals surface area contributed by atoms with E-state index in [0.29, 0.717) is 6.42 Å². The molecule has 1 amide bonds. The van der Waals surface area contributed by atoms with Gasteiger partial charge in [-0.3, -0.25) is 4.79 Å². The molecular formula is C14H21NO2. The monoisotopic (exact) mass is 235 g/mol. The molecule has 0 saturated carbocycles. The van der Waals surface area contributed by atoms with Gasteiger partial charge in [0.25, 0.3) is 0 Å². The van der Waals surface area contributed by atoms with Gasteiger partial charge in [0.15, 0.2) is 0 Å². The van der Waals surface area contributed by atoms with E-state index in [1.54, 1.807) is 0 Å². The molecule has 0 radical (unpaired) electrons. The summed E-state index contributed by atoms with van der Waals surface area (Å²) in [6.07, 6.45) is 1.98. The quantitative estimate of drug-likeness (QED) is 0.790. The van der Waals surface area contributed by atoms with Crippen LogP contribution in [0.25, 0.3) is 0 Å². The van der Waals surface area contributed by atoms with Crippen molar-refractivity contribution in [3.05, 3.63) is 35.4 Å². The van der Waals surface area contributed by atoms with Crippen molar-refractivity contribution in [2.75, 3.05) is 6.61 Å². The highest BCUT2D eigenvalue weighted by Crippen LogP contribution is 2.09. The standard InChI is InChI=1S/C14H21NO2/c1-3-13(10-16)15-14(17)9-8-12-7-5-4-6-11(12)2/h4-7,13,16H,3,8-10H2,1-2H3,(H,15,17)/t13-/m1/s1. The third-order valence-electron chi connectivity index (χ3n) is 2.96. The van der Waals surface area contributed by atoms with Crippen LogP contribution in [-0.4, -0.2) is 23.7 Å². The minimum atomic E-state index is -0.112. The number of aliphatic hydroxyl groups is 1. The first-order valence-electron chi connectivity index (χ1n) is 6.12. The summed E-state index contributed by atoms with van der Waals surface area (Å²) in [6.45, 7) is 4.00. The zero-order valence-corrected chi connectivity index (χ0v) is 10.6. The van der Waals surface area contributed by atoms with Crippen molar-refractivity contribution in [3.63, 3.8) is 0 Å². The molecular weight excluding hydrogens is 214 g/mol. The summed E-state index contributed by atoms with van der Waals surface area (Å²) in [6, 6.07) is 7.97. The largest absolute Gasteiger partial charge is 0.394 e. The van der Waals surface area contributed by atoms with E-state index in [9.17, 15) is 4.79 Å².